The van der Waals surface area contributed by atoms with Crippen molar-refractivity contribution in [2.24, 2.45) is 4.99 Å². The van der Waals surface area contributed by atoms with E-state index < -0.39 is 0 Å². The fourth-order valence-electron chi connectivity index (χ4n) is 3.11. The lowest BCUT2D eigenvalue weighted by Crippen LogP contribution is -2.52. The van der Waals surface area contributed by atoms with Gasteiger partial charge in [0.2, 0.25) is 5.91 Å². The van der Waals surface area contributed by atoms with Crippen molar-refractivity contribution in [3.8, 4) is 5.75 Å². The number of thiophene rings is 1. The predicted molar refractivity (Wildman–Crippen MR) is 134 cm³/mol. The van der Waals surface area contributed by atoms with Gasteiger partial charge in [-0.15, -0.1) is 35.3 Å². The lowest BCUT2D eigenvalue weighted by molar-refractivity contribution is -0.127. The molecule has 0 atom stereocenters. The molecule has 30 heavy (non-hydrogen) atoms. The summed E-state index contributed by atoms with van der Waals surface area (Å²) in [5.74, 6) is 1.65. The van der Waals surface area contributed by atoms with Crippen LogP contribution in [0.1, 0.15) is 4.88 Å². The maximum atomic E-state index is 12.0. The number of likely N-dealkylation sites (N-methyl/N-ethyl adjacent to an activating group) is 1. The van der Waals surface area contributed by atoms with Crippen LogP contribution in [-0.2, 0) is 11.3 Å². The molecule has 1 fully saturated rings. The zero-order valence-corrected chi connectivity index (χ0v) is 20.9. The number of aliphatic imine (C=N–C) groups is 1. The Bertz CT molecular complexity index is 821. The average Bonchev–Trinajstić information content (AvgIpc) is 3.27. The van der Waals surface area contributed by atoms with Crippen LogP contribution in [0.25, 0.3) is 0 Å². The van der Waals surface area contributed by atoms with Gasteiger partial charge in [-0.25, -0.2) is 4.99 Å². The summed E-state index contributed by atoms with van der Waals surface area (Å²) in [6, 6.07) is 12.3. The van der Waals surface area contributed by atoms with E-state index in [0.29, 0.717) is 6.54 Å². The Morgan fingerprint density at radius 3 is 2.60 bits per heavy atom. The Labute approximate surface area is 199 Å². The topological polar surface area (TPSA) is 60.4 Å². The number of nitrogens with zero attached hydrogens (tertiary/aromatic N) is 4. The minimum absolute atomic E-state index is 0. The summed E-state index contributed by atoms with van der Waals surface area (Å²) >= 11 is 1.71. The second-order valence-corrected chi connectivity index (χ2v) is 8.07. The summed E-state index contributed by atoms with van der Waals surface area (Å²) in [6.07, 6.45) is 0. The third-order valence-electron chi connectivity index (χ3n) is 4.86. The highest BCUT2D eigenvalue weighted by Crippen LogP contribution is 2.22. The Hall–Kier alpha value is -2.01. The van der Waals surface area contributed by atoms with Crippen molar-refractivity contribution < 1.29 is 9.53 Å². The first-order valence-corrected chi connectivity index (χ1v) is 10.6. The number of guanidine groups is 1. The Kier molecular flexibility index (Phi) is 9.70. The second kappa shape index (κ2) is 12.0. The second-order valence-electron chi connectivity index (χ2n) is 7.04. The van der Waals surface area contributed by atoms with Crippen molar-refractivity contribution >= 4 is 52.9 Å². The number of hydrogen-bond donors (Lipinski definition) is 1. The fraction of sp³-hybridized carbons (Fsp3) is 0.429. The first kappa shape index (κ1) is 24.3. The van der Waals surface area contributed by atoms with Crippen LogP contribution < -0.4 is 15.0 Å². The number of anilines is 1. The number of piperazine rings is 1. The molecule has 0 radical (unpaired) electrons. The molecule has 9 heteroatoms. The molecule has 2 heterocycles. The molecule has 1 aliphatic rings. The molecule has 1 aromatic carbocycles. The molecule has 0 spiro atoms. The van der Waals surface area contributed by atoms with Gasteiger partial charge in [0, 0.05) is 56.9 Å². The number of hydrogen-bond acceptors (Lipinski definition) is 5. The van der Waals surface area contributed by atoms with Crippen molar-refractivity contribution in [1.29, 1.82) is 0 Å². The molecule has 2 aromatic rings. The Morgan fingerprint density at radius 1 is 1.20 bits per heavy atom. The van der Waals surface area contributed by atoms with E-state index in [4.69, 9.17) is 4.74 Å². The highest BCUT2D eigenvalue weighted by atomic mass is 127. The molecule has 0 saturated carbocycles. The quantitative estimate of drug-likeness (QED) is 0.345. The highest BCUT2D eigenvalue weighted by Gasteiger charge is 2.21. The molecule has 164 valence electrons. The number of rotatable bonds is 6. The zero-order chi connectivity index (χ0) is 20.6. The van der Waals surface area contributed by atoms with Crippen molar-refractivity contribution in [2.75, 3.05) is 58.8 Å². The molecule has 0 aliphatic carbocycles. The predicted octanol–water partition coefficient (Wildman–Crippen LogP) is 2.73. The number of amides is 1. The van der Waals surface area contributed by atoms with Gasteiger partial charge < -0.3 is 24.8 Å². The third kappa shape index (κ3) is 6.76. The number of nitrogens with one attached hydrogen (secondary N) is 1. The van der Waals surface area contributed by atoms with Crippen LogP contribution in [0.3, 0.4) is 0 Å². The van der Waals surface area contributed by atoms with Gasteiger partial charge in [0.15, 0.2) is 5.96 Å². The average molecular weight is 543 g/mol. The zero-order valence-electron chi connectivity index (χ0n) is 17.7. The van der Waals surface area contributed by atoms with E-state index in [1.54, 1.807) is 37.4 Å². The number of ether oxygens (including phenoxy) is 1. The molecule has 1 amide bonds. The van der Waals surface area contributed by atoms with Gasteiger partial charge in [-0.2, -0.15) is 0 Å². The summed E-state index contributed by atoms with van der Waals surface area (Å²) in [5, 5.41) is 5.50. The number of methoxy groups -OCH3 is 1. The van der Waals surface area contributed by atoms with Gasteiger partial charge >= 0.3 is 0 Å². The molecule has 1 aromatic heterocycles. The number of carbonyl (C=O) groups is 1. The van der Waals surface area contributed by atoms with Gasteiger partial charge in [0.05, 0.1) is 13.7 Å². The Balaban J connectivity index is 0.00000320. The normalized spacial score (nSPS) is 14.2. The molecule has 0 bridgehead atoms. The fourth-order valence-corrected chi connectivity index (χ4v) is 3.76. The van der Waals surface area contributed by atoms with Gasteiger partial charge in [0.25, 0.3) is 0 Å². The number of halogens is 1. The lowest BCUT2D eigenvalue weighted by Gasteiger charge is -2.37. The van der Waals surface area contributed by atoms with Crippen LogP contribution in [0.4, 0.5) is 5.69 Å². The van der Waals surface area contributed by atoms with Gasteiger partial charge in [0.1, 0.15) is 12.3 Å². The van der Waals surface area contributed by atoms with E-state index in [9.17, 15) is 4.79 Å². The molecule has 1 N–H and O–H groups in total. The maximum absolute atomic E-state index is 12.0. The van der Waals surface area contributed by atoms with E-state index in [2.05, 4.69) is 43.7 Å². The summed E-state index contributed by atoms with van der Waals surface area (Å²) in [6.45, 7) is 4.30. The number of benzene rings is 1. The first-order valence-electron chi connectivity index (χ1n) is 9.71. The Morgan fingerprint density at radius 2 is 1.97 bits per heavy atom. The summed E-state index contributed by atoms with van der Waals surface area (Å²) in [4.78, 5) is 24.0. The van der Waals surface area contributed by atoms with Crippen LogP contribution >= 0.6 is 35.3 Å². The smallest absolute Gasteiger partial charge is 0.243 e. The van der Waals surface area contributed by atoms with E-state index in [1.807, 2.05) is 18.2 Å². The standard InChI is InChI=1S/C21H29N5O2S.HI/c1-24(2)20(27)16-23-21(22-15-19-8-5-13-29-19)26-11-9-25(10-12-26)17-6-4-7-18(14-17)28-3;/h4-8,13-14H,9-12,15-16H2,1-3H3,(H,22,23);1H. The maximum Gasteiger partial charge on any atom is 0.243 e. The number of carbonyl (C=O) groups excluding carboxylic acids is 1. The van der Waals surface area contributed by atoms with Gasteiger partial charge in [-0.05, 0) is 23.6 Å². The molecule has 1 saturated heterocycles. The van der Waals surface area contributed by atoms with E-state index in [1.165, 1.54) is 4.88 Å². The highest BCUT2D eigenvalue weighted by molar-refractivity contribution is 14.0. The molecule has 3 rings (SSSR count). The molecule has 1 aliphatic heterocycles. The van der Waals surface area contributed by atoms with Crippen molar-refractivity contribution in [1.82, 2.24) is 15.1 Å². The molecular weight excluding hydrogens is 513 g/mol. The van der Waals surface area contributed by atoms with Gasteiger partial charge in [-0.3, -0.25) is 4.79 Å². The van der Waals surface area contributed by atoms with Crippen LogP contribution in [0, 0.1) is 0 Å². The molecular formula is C21H30IN5O2S. The molecule has 7 nitrogen and oxygen atoms in total. The monoisotopic (exact) mass is 543 g/mol. The molecule has 0 unspecified atom stereocenters. The van der Waals surface area contributed by atoms with E-state index in [0.717, 1.165) is 43.6 Å². The van der Waals surface area contributed by atoms with Crippen molar-refractivity contribution in [3.05, 3.63) is 46.7 Å². The first-order chi connectivity index (χ1) is 14.1. The lowest BCUT2D eigenvalue weighted by atomic mass is 10.2. The summed E-state index contributed by atoms with van der Waals surface area (Å²) in [7, 11) is 5.20. The van der Waals surface area contributed by atoms with Crippen LogP contribution in [0.5, 0.6) is 5.75 Å². The third-order valence-corrected chi connectivity index (χ3v) is 5.74. The van der Waals surface area contributed by atoms with Gasteiger partial charge in [-0.1, -0.05) is 12.1 Å². The van der Waals surface area contributed by atoms with E-state index in [-0.39, 0.29) is 36.4 Å². The van der Waals surface area contributed by atoms with Crippen LogP contribution in [-0.4, -0.2) is 75.6 Å². The van der Waals surface area contributed by atoms with Crippen LogP contribution in [0.15, 0.2) is 46.8 Å². The largest absolute Gasteiger partial charge is 0.497 e. The SMILES string of the molecule is COc1cccc(N2CCN(C(=NCC(=O)N(C)C)NCc3cccs3)CC2)c1.I. The van der Waals surface area contributed by atoms with E-state index >= 15 is 0 Å². The minimum atomic E-state index is -0.00422. The van der Waals surface area contributed by atoms with Crippen molar-refractivity contribution in [2.45, 2.75) is 6.54 Å². The minimum Gasteiger partial charge on any atom is -0.497 e. The summed E-state index contributed by atoms with van der Waals surface area (Å²) in [5.41, 5.74) is 1.16. The van der Waals surface area contributed by atoms with Crippen LogP contribution in [0.2, 0.25) is 0 Å². The summed E-state index contributed by atoms with van der Waals surface area (Å²) < 4.78 is 5.34. The van der Waals surface area contributed by atoms with Crippen molar-refractivity contribution in [3.63, 3.8) is 0 Å².